The summed E-state index contributed by atoms with van der Waals surface area (Å²) < 4.78 is 32.4. The second-order valence-electron chi connectivity index (χ2n) is 5.12. The third kappa shape index (κ3) is 2.95. The van der Waals surface area contributed by atoms with Crippen LogP contribution in [0.15, 0.2) is 22.6 Å². The number of hydrogen-bond acceptors (Lipinski definition) is 2. The molecule has 1 unspecified atom stereocenters. The van der Waals surface area contributed by atoms with E-state index in [0.29, 0.717) is 17.1 Å². The van der Waals surface area contributed by atoms with Gasteiger partial charge in [0.05, 0.1) is 11.4 Å². The number of nitrogens with one attached hydrogen (secondary N) is 1. The first kappa shape index (κ1) is 14.0. The number of furan rings is 1. The maximum absolute atomic E-state index is 13.7. The average molecular weight is 267 g/mol. The lowest BCUT2D eigenvalue weighted by Gasteiger charge is -2.19. The van der Waals surface area contributed by atoms with E-state index in [0.717, 1.165) is 19.0 Å². The molecule has 0 saturated heterocycles. The molecule has 104 valence electrons. The van der Waals surface area contributed by atoms with Gasteiger partial charge < -0.3 is 9.73 Å². The molecule has 1 N–H and O–H groups in total. The predicted molar refractivity (Wildman–Crippen MR) is 72.0 cm³/mol. The van der Waals surface area contributed by atoms with E-state index in [1.807, 2.05) is 0 Å². The standard InChI is InChI=1S/C15H19F2NO/c1-4-5-18-15(9(2)3)14-8-11-12(17)6-10(16)7-13(11)19-14/h6-9,15,18H,4-5H2,1-3H3. The van der Waals surface area contributed by atoms with Gasteiger partial charge in [-0.1, -0.05) is 20.8 Å². The van der Waals surface area contributed by atoms with Crippen LogP contribution in [0.3, 0.4) is 0 Å². The van der Waals surface area contributed by atoms with Gasteiger partial charge in [0.15, 0.2) is 0 Å². The smallest absolute Gasteiger partial charge is 0.140 e. The third-order valence-electron chi connectivity index (χ3n) is 3.16. The molecule has 0 aliphatic carbocycles. The van der Waals surface area contributed by atoms with Crippen LogP contribution in [0.4, 0.5) is 8.78 Å². The highest BCUT2D eigenvalue weighted by atomic mass is 19.1. The lowest BCUT2D eigenvalue weighted by molar-refractivity contribution is 0.351. The molecule has 0 bridgehead atoms. The quantitative estimate of drug-likeness (QED) is 0.868. The summed E-state index contributed by atoms with van der Waals surface area (Å²) >= 11 is 0. The Morgan fingerprint density at radius 3 is 2.58 bits per heavy atom. The Bertz CT molecular complexity index is 563. The molecule has 1 aromatic carbocycles. The Morgan fingerprint density at radius 2 is 1.95 bits per heavy atom. The van der Waals surface area contributed by atoms with Gasteiger partial charge in [0.1, 0.15) is 23.0 Å². The van der Waals surface area contributed by atoms with E-state index in [2.05, 4.69) is 26.1 Å². The summed E-state index contributed by atoms with van der Waals surface area (Å²) in [6, 6.07) is 3.77. The molecule has 0 aliphatic rings. The third-order valence-corrected chi connectivity index (χ3v) is 3.16. The Balaban J connectivity index is 2.40. The molecule has 2 nitrogen and oxygen atoms in total. The van der Waals surface area contributed by atoms with Crippen LogP contribution in [0, 0.1) is 17.6 Å². The lowest BCUT2D eigenvalue weighted by atomic mass is 10.0. The first-order valence-electron chi connectivity index (χ1n) is 6.64. The van der Waals surface area contributed by atoms with Crippen molar-refractivity contribution >= 4 is 11.0 Å². The number of halogens is 2. The molecule has 1 atom stereocenters. The van der Waals surface area contributed by atoms with E-state index in [-0.39, 0.29) is 11.6 Å². The topological polar surface area (TPSA) is 25.2 Å². The highest BCUT2D eigenvalue weighted by molar-refractivity contribution is 5.78. The van der Waals surface area contributed by atoms with Crippen LogP contribution in [0.5, 0.6) is 0 Å². The lowest BCUT2D eigenvalue weighted by Crippen LogP contribution is -2.25. The fourth-order valence-corrected chi connectivity index (χ4v) is 2.20. The van der Waals surface area contributed by atoms with Crippen molar-refractivity contribution in [2.24, 2.45) is 5.92 Å². The zero-order chi connectivity index (χ0) is 14.0. The van der Waals surface area contributed by atoms with E-state index in [1.165, 1.54) is 6.07 Å². The molecule has 0 amide bonds. The van der Waals surface area contributed by atoms with Crippen LogP contribution in [-0.2, 0) is 0 Å². The van der Waals surface area contributed by atoms with Gasteiger partial charge in [-0.25, -0.2) is 8.78 Å². The number of hydrogen-bond donors (Lipinski definition) is 1. The van der Waals surface area contributed by atoms with Crippen LogP contribution in [-0.4, -0.2) is 6.54 Å². The van der Waals surface area contributed by atoms with Gasteiger partial charge in [-0.2, -0.15) is 0 Å². The van der Waals surface area contributed by atoms with Crippen LogP contribution < -0.4 is 5.32 Å². The van der Waals surface area contributed by atoms with Gasteiger partial charge in [-0.3, -0.25) is 0 Å². The minimum atomic E-state index is -0.617. The molecule has 0 spiro atoms. The summed E-state index contributed by atoms with van der Waals surface area (Å²) in [5, 5.41) is 3.70. The zero-order valence-electron chi connectivity index (χ0n) is 11.5. The van der Waals surface area contributed by atoms with E-state index in [1.54, 1.807) is 6.07 Å². The first-order valence-corrected chi connectivity index (χ1v) is 6.64. The SMILES string of the molecule is CCCNC(c1cc2c(F)cc(F)cc2o1)C(C)C. The molecule has 1 aromatic heterocycles. The summed E-state index contributed by atoms with van der Waals surface area (Å²) in [5.41, 5.74) is 0.261. The Labute approximate surface area is 111 Å². The second-order valence-corrected chi connectivity index (χ2v) is 5.12. The number of rotatable bonds is 5. The molecular formula is C15H19F2NO. The minimum absolute atomic E-state index is 0.00908. The van der Waals surface area contributed by atoms with Crippen molar-refractivity contribution in [3.05, 3.63) is 35.6 Å². The summed E-state index contributed by atoms with van der Waals surface area (Å²) in [7, 11) is 0. The Hall–Kier alpha value is -1.42. The summed E-state index contributed by atoms with van der Waals surface area (Å²) in [6.07, 6.45) is 1.01. The van der Waals surface area contributed by atoms with Gasteiger partial charge in [0.25, 0.3) is 0 Å². The van der Waals surface area contributed by atoms with Crippen molar-refractivity contribution < 1.29 is 13.2 Å². The number of benzene rings is 1. The minimum Gasteiger partial charge on any atom is -0.459 e. The van der Waals surface area contributed by atoms with Crippen molar-refractivity contribution in [2.75, 3.05) is 6.54 Å². The second kappa shape index (κ2) is 5.70. The molecule has 4 heteroatoms. The van der Waals surface area contributed by atoms with Crippen molar-refractivity contribution in [1.29, 1.82) is 0 Å². The van der Waals surface area contributed by atoms with E-state index in [9.17, 15) is 8.78 Å². The molecule has 2 rings (SSSR count). The van der Waals surface area contributed by atoms with E-state index >= 15 is 0 Å². The van der Waals surface area contributed by atoms with Crippen LogP contribution in [0.25, 0.3) is 11.0 Å². The Kier molecular flexibility index (Phi) is 4.20. The van der Waals surface area contributed by atoms with Gasteiger partial charge in [0, 0.05) is 12.1 Å². The van der Waals surface area contributed by atoms with Crippen LogP contribution in [0.2, 0.25) is 0 Å². The number of fused-ring (bicyclic) bond motifs is 1. The van der Waals surface area contributed by atoms with Gasteiger partial charge in [-0.05, 0) is 24.9 Å². The molecule has 1 heterocycles. The van der Waals surface area contributed by atoms with Gasteiger partial charge in [0.2, 0.25) is 0 Å². The van der Waals surface area contributed by atoms with Crippen molar-refractivity contribution in [2.45, 2.75) is 33.2 Å². The predicted octanol–water partition coefficient (Wildman–Crippen LogP) is 4.41. The normalized spacial score (nSPS) is 13.4. The maximum Gasteiger partial charge on any atom is 0.140 e. The maximum atomic E-state index is 13.7. The van der Waals surface area contributed by atoms with E-state index < -0.39 is 11.6 Å². The summed E-state index contributed by atoms with van der Waals surface area (Å²) in [6.45, 7) is 7.07. The van der Waals surface area contributed by atoms with Crippen molar-refractivity contribution in [3.63, 3.8) is 0 Å². The zero-order valence-corrected chi connectivity index (χ0v) is 11.5. The highest BCUT2D eigenvalue weighted by Gasteiger charge is 2.20. The monoisotopic (exact) mass is 267 g/mol. The molecule has 0 saturated carbocycles. The van der Waals surface area contributed by atoms with E-state index in [4.69, 9.17) is 4.42 Å². The van der Waals surface area contributed by atoms with Crippen molar-refractivity contribution in [3.8, 4) is 0 Å². The average Bonchev–Trinajstić information content (AvgIpc) is 2.73. The molecular weight excluding hydrogens is 248 g/mol. The highest BCUT2D eigenvalue weighted by Crippen LogP contribution is 2.30. The molecule has 0 fully saturated rings. The summed E-state index contributed by atoms with van der Waals surface area (Å²) in [4.78, 5) is 0. The van der Waals surface area contributed by atoms with Crippen LogP contribution >= 0.6 is 0 Å². The van der Waals surface area contributed by atoms with Crippen LogP contribution in [0.1, 0.15) is 39.0 Å². The fraction of sp³-hybridized carbons (Fsp3) is 0.467. The molecule has 2 aromatic rings. The summed E-state index contributed by atoms with van der Waals surface area (Å²) in [5.74, 6) is -0.237. The molecule has 0 aliphatic heterocycles. The van der Waals surface area contributed by atoms with Gasteiger partial charge in [-0.15, -0.1) is 0 Å². The first-order chi connectivity index (χ1) is 9.02. The van der Waals surface area contributed by atoms with Crippen molar-refractivity contribution in [1.82, 2.24) is 5.32 Å². The molecule has 0 radical (unpaired) electrons. The molecule has 19 heavy (non-hydrogen) atoms. The fourth-order valence-electron chi connectivity index (χ4n) is 2.20. The van der Waals surface area contributed by atoms with Gasteiger partial charge >= 0.3 is 0 Å². The Morgan fingerprint density at radius 1 is 1.21 bits per heavy atom. The largest absolute Gasteiger partial charge is 0.459 e.